The molecule has 3 aromatic heterocycles. The molecule has 0 bridgehead atoms. The van der Waals surface area contributed by atoms with E-state index in [0.29, 0.717) is 0 Å². The number of para-hydroxylation sites is 1. The van der Waals surface area contributed by atoms with Gasteiger partial charge in [-0.25, -0.2) is 23.4 Å². The Labute approximate surface area is 242 Å². The largest absolute Gasteiger partial charge is 0.481 e. The van der Waals surface area contributed by atoms with Gasteiger partial charge >= 0.3 is 13.2 Å². The van der Waals surface area contributed by atoms with E-state index in [1.165, 1.54) is 51.7 Å². The molecule has 0 aliphatic carbocycles. The van der Waals surface area contributed by atoms with Crippen LogP contribution in [0.3, 0.4) is 0 Å². The third-order valence-corrected chi connectivity index (χ3v) is 7.59. The summed E-state index contributed by atoms with van der Waals surface area (Å²) in [6.45, 7) is -3.74. The van der Waals surface area contributed by atoms with E-state index in [9.17, 15) is 26.0 Å². The minimum atomic E-state index is -4.47. The molecule has 0 spiro atoms. The van der Waals surface area contributed by atoms with Gasteiger partial charge < -0.3 is 18.9 Å². The fraction of sp³-hybridized carbons (Fsp3) is 0.320. The maximum absolute atomic E-state index is 13.6. The van der Waals surface area contributed by atoms with Crippen LogP contribution < -0.4 is 18.9 Å². The molecule has 2 unspecified atom stereocenters. The lowest BCUT2D eigenvalue weighted by molar-refractivity contribution is -0.0542. The van der Waals surface area contributed by atoms with Gasteiger partial charge in [-0.15, -0.1) is 10.2 Å². The highest BCUT2D eigenvalue weighted by molar-refractivity contribution is 7.93. The van der Waals surface area contributed by atoms with Crippen molar-refractivity contribution in [3.8, 4) is 34.6 Å². The van der Waals surface area contributed by atoms with E-state index in [1.807, 2.05) is 0 Å². The van der Waals surface area contributed by atoms with Crippen LogP contribution in [-0.4, -0.2) is 70.8 Å². The van der Waals surface area contributed by atoms with Gasteiger partial charge in [0, 0.05) is 25.6 Å². The van der Waals surface area contributed by atoms with Crippen molar-refractivity contribution in [3.05, 3.63) is 60.2 Å². The second-order valence-electron chi connectivity index (χ2n) is 8.73. The minimum absolute atomic E-state index is 0.00279. The Bertz CT molecular complexity index is 1630. The second kappa shape index (κ2) is 13.2. The molecule has 4 rings (SSSR count). The molecule has 1 aromatic carbocycles. The van der Waals surface area contributed by atoms with Crippen molar-refractivity contribution in [2.24, 2.45) is 0 Å². The fourth-order valence-corrected chi connectivity index (χ4v) is 5.06. The Morgan fingerprint density at radius 1 is 0.907 bits per heavy atom. The lowest BCUT2D eigenvalue weighted by atomic mass is 10.2. The van der Waals surface area contributed by atoms with Gasteiger partial charge in [0.1, 0.15) is 22.7 Å². The summed E-state index contributed by atoms with van der Waals surface area (Å²) in [5.41, 5.74) is 0.164. The summed E-state index contributed by atoms with van der Waals surface area (Å²) in [5.74, 6) is -2.02. The number of hydrogen-bond donors (Lipinski definition) is 1. The maximum Gasteiger partial charge on any atom is 0.387 e. The first kappa shape index (κ1) is 31.4. The molecular weight excluding hydrogens is 602 g/mol. The van der Waals surface area contributed by atoms with Crippen molar-refractivity contribution < 1.29 is 44.9 Å². The Balaban J connectivity index is 1.90. The highest BCUT2D eigenvalue weighted by atomic mass is 32.2. The molecule has 230 valence electrons. The number of alkyl halides is 4. The van der Waals surface area contributed by atoms with Crippen LogP contribution >= 0.6 is 0 Å². The molecule has 0 saturated carbocycles. The van der Waals surface area contributed by atoms with E-state index in [0.717, 1.165) is 28.3 Å². The molecule has 18 heteroatoms. The molecule has 1 N–H and O–H groups in total. The summed E-state index contributed by atoms with van der Waals surface area (Å²) >= 11 is 0. The van der Waals surface area contributed by atoms with Crippen LogP contribution in [0.2, 0.25) is 0 Å². The van der Waals surface area contributed by atoms with Gasteiger partial charge in [0.2, 0.25) is 21.9 Å². The molecule has 0 saturated heterocycles. The van der Waals surface area contributed by atoms with Crippen LogP contribution in [0.5, 0.6) is 17.4 Å². The SMILES string of the molecule is COc1cccc(-c2nnc(NS(=O)(=O)C(C)C(OC)c3ncc(C)cn3)n2-c2c(OC(F)F)cccc2OC(F)F)n1. The zero-order valence-electron chi connectivity index (χ0n) is 23.0. The zero-order valence-corrected chi connectivity index (χ0v) is 23.8. The lowest BCUT2D eigenvalue weighted by Gasteiger charge is -2.23. The molecule has 0 amide bonds. The number of aromatic nitrogens is 6. The Kier molecular flexibility index (Phi) is 9.59. The molecule has 0 radical (unpaired) electrons. The predicted molar refractivity (Wildman–Crippen MR) is 143 cm³/mol. The predicted octanol–water partition coefficient (Wildman–Crippen LogP) is 4.16. The Morgan fingerprint density at radius 2 is 1.51 bits per heavy atom. The maximum atomic E-state index is 13.6. The summed E-state index contributed by atoms with van der Waals surface area (Å²) in [5, 5.41) is 6.50. The Hall–Kier alpha value is -4.58. The van der Waals surface area contributed by atoms with Gasteiger partial charge in [-0.3, -0.25) is 9.29 Å². The van der Waals surface area contributed by atoms with Crippen molar-refractivity contribution in [2.75, 3.05) is 18.9 Å². The number of anilines is 1. The van der Waals surface area contributed by atoms with Crippen LogP contribution in [-0.2, 0) is 14.8 Å². The van der Waals surface area contributed by atoms with Crippen LogP contribution in [0.4, 0.5) is 23.5 Å². The summed E-state index contributed by atoms with van der Waals surface area (Å²) in [4.78, 5) is 12.5. The number of ether oxygens (including phenoxy) is 4. The number of sulfonamides is 1. The van der Waals surface area contributed by atoms with Crippen LogP contribution in [0.15, 0.2) is 48.8 Å². The number of rotatable bonds is 13. The van der Waals surface area contributed by atoms with Crippen molar-refractivity contribution in [1.82, 2.24) is 29.7 Å². The van der Waals surface area contributed by atoms with Crippen molar-refractivity contribution in [2.45, 2.75) is 38.4 Å². The van der Waals surface area contributed by atoms with Gasteiger partial charge in [0.15, 0.2) is 23.1 Å². The molecule has 0 aliphatic heterocycles. The van der Waals surface area contributed by atoms with Crippen LogP contribution in [0, 0.1) is 6.92 Å². The summed E-state index contributed by atoms with van der Waals surface area (Å²) in [7, 11) is -1.87. The van der Waals surface area contributed by atoms with Crippen molar-refractivity contribution in [1.29, 1.82) is 0 Å². The first-order valence-corrected chi connectivity index (χ1v) is 13.8. The van der Waals surface area contributed by atoms with E-state index in [4.69, 9.17) is 9.47 Å². The normalized spacial score (nSPS) is 13.2. The number of aryl methyl sites for hydroxylation is 1. The fourth-order valence-electron chi connectivity index (χ4n) is 3.93. The number of methoxy groups -OCH3 is 2. The number of benzene rings is 1. The lowest BCUT2D eigenvalue weighted by Crippen LogP contribution is -2.33. The summed E-state index contributed by atoms with van der Waals surface area (Å²) < 4.78 is 104. The van der Waals surface area contributed by atoms with Gasteiger partial charge in [-0.05, 0) is 37.6 Å². The van der Waals surface area contributed by atoms with Gasteiger partial charge in [0.05, 0.1) is 7.11 Å². The number of nitrogens with zero attached hydrogens (tertiary/aromatic N) is 6. The molecule has 4 aromatic rings. The highest BCUT2D eigenvalue weighted by Crippen LogP contribution is 2.39. The van der Waals surface area contributed by atoms with Gasteiger partial charge in [0.25, 0.3) is 0 Å². The minimum Gasteiger partial charge on any atom is -0.481 e. The summed E-state index contributed by atoms with van der Waals surface area (Å²) in [6.07, 6.45) is 1.80. The summed E-state index contributed by atoms with van der Waals surface area (Å²) in [6, 6.07) is 7.63. The zero-order chi connectivity index (χ0) is 31.3. The number of pyridine rings is 1. The number of halogens is 4. The van der Waals surface area contributed by atoms with Crippen LogP contribution in [0.1, 0.15) is 24.4 Å². The van der Waals surface area contributed by atoms with Crippen LogP contribution in [0.25, 0.3) is 17.2 Å². The third kappa shape index (κ3) is 7.08. The van der Waals surface area contributed by atoms with E-state index >= 15 is 0 Å². The standard InChI is InChI=1S/C25H25F4N7O6S/c1-13-11-30-21(31-12-13)20(40-4)14(2)43(37,38)35-25-34-33-22(15-7-5-10-18(32-15)39-3)36(25)19-16(41-23(26)27)8-6-9-17(19)42-24(28)29/h5-12,14,20,23-24H,1-4H3,(H,34,35). The molecule has 2 atom stereocenters. The highest BCUT2D eigenvalue weighted by Gasteiger charge is 2.35. The number of hydrogen-bond acceptors (Lipinski definition) is 11. The first-order chi connectivity index (χ1) is 20.4. The molecule has 3 heterocycles. The molecule has 0 fully saturated rings. The Morgan fingerprint density at radius 3 is 2.07 bits per heavy atom. The average molecular weight is 628 g/mol. The topological polar surface area (TPSA) is 152 Å². The molecule has 13 nitrogen and oxygen atoms in total. The number of nitrogens with one attached hydrogen (secondary N) is 1. The third-order valence-electron chi connectivity index (χ3n) is 5.90. The smallest absolute Gasteiger partial charge is 0.387 e. The molecular formula is C25H25F4N7O6S. The van der Waals surface area contributed by atoms with Gasteiger partial charge in [-0.1, -0.05) is 12.1 Å². The second-order valence-corrected chi connectivity index (χ2v) is 10.8. The quantitative estimate of drug-likeness (QED) is 0.213. The molecule has 0 aliphatic rings. The molecule has 43 heavy (non-hydrogen) atoms. The van der Waals surface area contributed by atoms with E-state index in [-0.39, 0.29) is 23.2 Å². The average Bonchev–Trinajstić information content (AvgIpc) is 3.36. The van der Waals surface area contributed by atoms with E-state index < -0.39 is 57.7 Å². The monoisotopic (exact) mass is 627 g/mol. The van der Waals surface area contributed by atoms with Crippen molar-refractivity contribution >= 4 is 16.0 Å². The van der Waals surface area contributed by atoms with Crippen molar-refractivity contribution in [3.63, 3.8) is 0 Å². The first-order valence-electron chi connectivity index (χ1n) is 12.3. The van der Waals surface area contributed by atoms with E-state index in [1.54, 1.807) is 6.92 Å². The van der Waals surface area contributed by atoms with Gasteiger partial charge in [-0.2, -0.15) is 17.6 Å². The van der Waals surface area contributed by atoms with E-state index in [2.05, 4.69) is 39.3 Å².